The molecule has 0 atom stereocenters. The van der Waals surface area contributed by atoms with Gasteiger partial charge in [-0.3, -0.25) is 4.99 Å². The normalized spacial score (nSPS) is 11.5. The fourth-order valence-corrected chi connectivity index (χ4v) is 2.30. The fourth-order valence-electron chi connectivity index (χ4n) is 2.30. The summed E-state index contributed by atoms with van der Waals surface area (Å²) in [6, 6.07) is 6.29. The van der Waals surface area contributed by atoms with Crippen molar-refractivity contribution >= 4 is 29.9 Å². The van der Waals surface area contributed by atoms with E-state index in [1.54, 1.807) is 14.2 Å². The van der Waals surface area contributed by atoms with Crippen LogP contribution >= 0.6 is 24.0 Å². The van der Waals surface area contributed by atoms with Gasteiger partial charge in [0.05, 0.1) is 12.7 Å². The number of nitrogens with zero attached hydrogens (tertiary/aromatic N) is 2. The molecule has 7 heteroatoms. The van der Waals surface area contributed by atoms with Crippen LogP contribution in [0.15, 0.2) is 23.2 Å². The Labute approximate surface area is 175 Å². The van der Waals surface area contributed by atoms with Crippen molar-refractivity contribution in [2.24, 2.45) is 4.99 Å². The Bertz CT molecular complexity index is 538. The van der Waals surface area contributed by atoms with E-state index >= 15 is 0 Å². The van der Waals surface area contributed by atoms with Gasteiger partial charge in [-0.05, 0) is 39.4 Å². The molecule has 26 heavy (non-hydrogen) atoms. The first kappa shape index (κ1) is 24.9. The maximum Gasteiger partial charge on any atom is 0.191 e. The van der Waals surface area contributed by atoms with E-state index in [2.05, 4.69) is 52.7 Å². The first-order valence-electron chi connectivity index (χ1n) is 8.84. The molecular weight excluding hydrogens is 443 g/mol. The number of aryl methyl sites for hydroxylation is 1. The predicted molar refractivity (Wildman–Crippen MR) is 120 cm³/mol. The minimum Gasteiger partial charge on any atom is -0.491 e. The van der Waals surface area contributed by atoms with E-state index in [1.165, 1.54) is 5.56 Å². The molecule has 0 fully saturated rings. The maximum absolute atomic E-state index is 5.92. The van der Waals surface area contributed by atoms with E-state index in [4.69, 9.17) is 9.47 Å². The van der Waals surface area contributed by atoms with Crippen LogP contribution in [0.3, 0.4) is 0 Å². The molecule has 0 spiro atoms. The van der Waals surface area contributed by atoms with E-state index in [1.807, 2.05) is 13.8 Å². The van der Waals surface area contributed by atoms with Crippen LogP contribution in [0.25, 0.3) is 0 Å². The molecule has 0 aliphatic rings. The monoisotopic (exact) mass is 478 g/mol. The summed E-state index contributed by atoms with van der Waals surface area (Å²) in [5, 5.41) is 6.69. The summed E-state index contributed by atoms with van der Waals surface area (Å²) >= 11 is 0. The number of methoxy groups -OCH3 is 1. The van der Waals surface area contributed by atoms with Gasteiger partial charge < -0.3 is 25.0 Å². The molecule has 0 aliphatic heterocycles. The van der Waals surface area contributed by atoms with Crippen LogP contribution in [0, 0.1) is 6.92 Å². The topological polar surface area (TPSA) is 58.1 Å². The first-order valence-corrected chi connectivity index (χ1v) is 8.84. The van der Waals surface area contributed by atoms with E-state index in [9.17, 15) is 0 Å². The van der Waals surface area contributed by atoms with Crippen LogP contribution < -0.4 is 15.4 Å². The maximum atomic E-state index is 5.92. The lowest BCUT2D eigenvalue weighted by Gasteiger charge is -2.19. The van der Waals surface area contributed by atoms with Crippen molar-refractivity contribution in [1.82, 2.24) is 15.5 Å². The van der Waals surface area contributed by atoms with Crippen LogP contribution in [-0.2, 0) is 11.3 Å². The van der Waals surface area contributed by atoms with Gasteiger partial charge in [-0.15, -0.1) is 24.0 Å². The number of rotatable bonds is 10. The van der Waals surface area contributed by atoms with Gasteiger partial charge >= 0.3 is 0 Å². The average Bonchev–Trinajstić information content (AvgIpc) is 2.56. The third-order valence-electron chi connectivity index (χ3n) is 3.72. The second-order valence-corrected chi connectivity index (χ2v) is 6.43. The number of ether oxygens (including phenoxy) is 2. The summed E-state index contributed by atoms with van der Waals surface area (Å²) in [4.78, 5) is 6.50. The van der Waals surface area contributed by atoms with E-state index in [0.29, 0.717) is 6.54 Å². The summed E-state index contributed by atoms with van der Waals surface area (Å²) in [6.45, 7) is 10.2. The summed E-state index contributed by atoms with van der Waals surface area (Å²) in [6.07, 6.45) is 0.153. The Morgan fingerprint density at radius 3 is 2.58 bits per heavy atom. The molecular formula is C19H35IN4O2. The predicted octanol–water partition coefficient (Wildman–Crippen LogP) is 2.64. The van der Waals surface area contributed by atoms with Gasteiger partial charge in [0.1, 0.15) is 5.75 Å². The number of likely N-dealkylation sites (N-methyl/N-ethyl adjacent to an activating group) is 1. The fraction of sp³-hybridized carbons (Fsp3) is 0.632. The van der Waals surface area contributed by atoms with Gasteiger partial charge in [0.15, 0.2) is 5.96 Å². The quantitative estimate of drug-likeness (QED) is 0.308. The molecule has 2 N–H and O–H groups in total. The molecule has 0 radical (unpaired) electrons. The number of aliphatic imine (C=N–C) groups is 1. The number of guanidine groups is 1. The Hall–Kier alpha value is -1.06. The van der Waals surface area contributed by atoms with Gasteiger partial charge in [0.25, 0.3) is 0 Å². The molecule has 0 aliphatic carbocycles. The molecule has 1 rings (SSSR count). The lowest BCUT2D eigenvalue weighted by Crippen LogP contribution is -2.41. The molecule has 1 aromatic rings. The summed E-state index contributed by atoms with van der Waals surface area (Å²) in [5.74, 6) is 1.72. The van der Waals surface area contributed by atoms with Crippen molar-refractivity contribution in [3.63, 3.8) is 0 Å². The lowest BCUT2D eigenvalue weighted by molar-refractivity contribution is 0.162. The third kappa shape index (κ3) is 10.2. The first-order chi connectivity index (χ1) is 12.0. The Morgan fingerprint density at radius 2 is 1.96 bits per heavy atom. The van der Waals surface area contributed by atoms with Crippen LogP contribution in [0.4, 0.5) is 0 Å². The largest absolute Gasteiger partial charge is 0.491 e. The van der Waals surface area contributed by atoms with Gasteiger partial charge in [-0.1, -0.05) is 12.1 Å². The van der Waals surface area contributed by atoms with Crippen molar-refractivity contribution < 1.29 is 9.47 Å². The van der Waals surface area contributed by atoms with E-state index in [-0.39, 0.29) is 30.1 Å². The van der Waals surface area contributed by atoms with Crippen molar-refractivity contribution in [3.05, 3.63) is 29.3 Å². The molecule has 1 aromatic carbocycles. The van der Waals surface area contributed by atoms with Crippen LogP contribution in [0.5, 0.6) is 5.75 Å². The third-order valence-corrected chi connectivity index (χ3v) is 3.72. The van der Waals surface area contributed by atoms with Gasteiger partial charge in [0, 0.05) is 45.9 Å². The Morgan fingerprint density at radius 1 is 1.23 bits per heavy atom. The standard InChI is InChI=1S/C19H34N4O2.HI/c1-15(2)25-18-13-16(3)7-8-17(18)14-22-19(20-4)21-9-10-23(5)11-12-24-6;/h7-8,13,15H,9-12,14H2,1-6H3,(H2,20,21,22);1H. The molecule has 150 valence electrons. The smallest absolute Gasteiger partial charge is 0.191 e. The zero-order valence-corrected chi connectivity index (χ0v) is 19.3. The van der Waals surface area contributed by atoms with Crippen molar-refractivity contribution in [2.45, 2.75) is 33.4 Å². The second-order valence-electron chi connectivity index (χ2n) is 6.43. The zero-order valence-electron chi connectivity index (χ0n) is 17.0. The molecule has 0 unspecified atom stereocenters. The highest BCUT2D eigenvalue weighted by molar-refractivity contribution is 14.0. The van der Waals surface area contributed by atoms with E-state index < -0.39 is 0 Å². The molecule has 0 bridgehead atoms. The number of hydrogen-bond donors (Lipinski definition) is 2. The van der Waals surface area contributed by atoms with Crippen LogP contribution in [0.2, 0.25) is 0 Å². The van der Waals surface area contributed by atoms with Gasteiger partial charge in [0.2, 0.25) is 0 Å². The zero-order chi connectivity index (χ0) is 18.7. The molecule has 0 aromatic heterocycles. The van der Waals surface area contributed by atoms with Crippen LogP contribution in [0.1, 0.15) is 25.0 Å². The Balaban J connectivity index is 0.00000625. The highest BCUT2D eigenvalue weighted by Gasteiger charge is 2.07. The van der Waals surface area contributed by atoms with Gasteiger partial charge in [-0.25, -0.2) is 0 Å². The minimum atomic E-state index is 0. The van der Waals surface area contributed by atoms with Crippen molar-refractivity contribution in [3.8, 4) is 5.75 Å². The number of hydrogen-bond acceptors (Lipinski definition) is 4. The number of benzene rings is 1. The highest BCUT2D eigenvalue weighted by atomic mass is 127. The molecule has 6 nitrogen and oxygen atoms in total. The average molecular weight is 478 g/mol. The van der Waals surface area contributed by atoms with Crippen molar-refractivity contribution in [1.29, 1.82) is 0 Å². The number of halogens is 1. The molecule has 0 heterocycles. The SMILES string of the molecule is CN=C(NCCN(C)CCOC)NCc1ccc(C)cc1OC(C)C.I. The number of nitrogens with one attached hydrogen (secondary N) is 2. The molecule has 0 amide bonds. The lowest BCUT2D eigenvalue weighted by atomic mass is 10.1. The van der Waals surface area contributed by atoms with Gasteiger partial charge in [-0.2, -0.15) is 0 Å². The van der Waals surface area contributed by atoms with Crippen molar-refractivity contribution in [2.75, 3.05) is 47.4 Å². The summed E-state index contributed by atoms with van der Waals surface area (Å²) < 4.78 is 11.0. The molecule has 0 saturated heterocycles. The highest BCUT2D eigenvalue weighted by Crippen LogP contribution is 2.21. The van der Waals surface area contributed by atoms with E-state index in [0.717, 1.165) is 43.5 Å². The Kier molecular flexibility index (Phi) is 13.5. The van der Waals surface area contributed by atoms with Crippen LogP contribution in [-0.4, -0.2) is 64.4 Å². The molecule has 0 saturated carbocycles. The summed E-state index contributed by atoms with van der Waals surface area (Å²) in [5.41, 5.74) is 2.32. The minimum absolute atomic E-state index is 0. The summed E-state index contributed by atoms with van der Waals surface area (Å²) in [7, 11) is 5.59. The second kappa shape index (κ2) is 14.1.